The smallest absolute Gasteiger partial charge is 0.326 e. The summed E-state index contributed by atoms with van der Waals surface area (Å²) < 4.78 is 0. The van der Waals surface area contributed by atoms with Crippen molar-refractivity contribution < 1.29 is 24.6 Å². The van der Waals surface area contributed by atoms with Crippen LogP contribution in [0.2, 0.25) is 0 Å². The number of aliphatic carboxylic acids is 2. The van der Waals surface area contributed by atoms with Gasteiger partial charge in [0.2, 0.25) is 0 Å². The fourth-order valence-electron chi connectivity index (χ4n) is 1.95. The number of amides is 2. The molecule has 4 N–H and O–H groups in total. The van der Waals surface area contributed by atoms with E-state index >= 15 is 0 Å². The first-order valence-corrected chi connectivity index (χ1v) is 6.78. The summed E-state index contributed by atoms with van der Waals surface area (Å²) in [6.45, 7) is 4.65. The number of carbonyl (C=O) groups is 3. The van der Waals surface area contributed by atoms with E-state index in [1.54, 1.807) is 0 Å². The molecule has 0 spiro atoms. The van der Waals surface area contributed by atoms with Gasteiger partial charge in [0.05, 0.1) is 6.42 Å². The molecule has 0 heterocycles. The summed E-state index contributed by atoms with van der Waals surface area (Å²) >= 11 is 0. The van der Waals surface area contributed by atoms with Gasteiger partial charge in [-0.25, -0.2) is 9.59 Å². The molecule has 0 aromatic heterocycles. The fourth-order valence-corrected chi connectivity index (χ4v) is 1.95. The second-order valence-corrected chi connectivity index (χ2v) is 5.70. The Hall–Kier alpha value is -1.83. The van der Waals surface area contributed by atoms with Crippen molar-refractivity contribution >= 4 is 18.0 Å². The van der Waals surface area contributed by atoms with E-state index in [-0.39, 0.29) is 6.04 Å². The van der Waals surface area contributed by atoms with Crippen LogP contribution in [0.25, 0.3) is 0 Å². The number of rotatable bonds is 9. The summed E-state index contributed by atoms with van der Waals surface area (Å²) in [5.41, 5.74) is 0. The first-order valence-electron chi connectivity index (χ1n) is 6.78. The molecule has 8 heteroatoms. The molecule has 0 aliphatic rings. The van der Waals surface area contributed by atoms with E-state index in [1.165, 1.54) is 0 Å². The number of hydrogen-bond donors (Lipinski definition) is 4. The first-order chi connectivity index (χ1) is 9.61. The van der Waals surface area contributed by atoms with Gasteiger partial charge in [-0.1, -0.05) is 13.8 Å². The molecule has 0 fully saturated rings. The number of likely N-dealkylation sites (N-methyl/N-ethyl adjacent to an activating group) is 1. The normalized spacial score (nSPS) is 13.8. The lowest BCUT2D eigenvalue weighted by atomic mass is 10.0. The Bertz CT molecular complexity index is 361. The van der Waals surface area contributed by atoms with Crippen molar-refractivity contribution in [2.24, 2.45) is 5.92 Å². The van der Waals surface area contributed by atoms with Crippen molar-refractivity contribution in [1.29, 1.82) is 0 Å². The second kappa shape index (κ2) is 9.17. The van der Waals surface area contributed by atoms with Crippen molar-refractivity contribution in [1.82, 2.24) is 15.5 Å². The Morgan fingerprint density at radius 2 is 1.67 bits per heavy atom. The van der Waals surface area contributed by atoms with E-state index in [0.29, 0.717) is 12.5 Å². The van der Waals surface area contributed by atoms with Crippen molar-refractivity contribution in [3.63, 3.8) is 0 Å². The van der Waals surface area contributed by atoms with Gasteiger partial charge in [-0.15, -0.1) is 0 Å². The number of carboxylic acids is 2. The lowest BCUT2D eigenvalue weighted by Gasteiger charge is -2.24. The van der Waals surface area contributed by atoms with Gasteiger partial charge < -0.3 is 25.7 Å². The number of carboxylic acid groups (broad SMARTS) is 2. The molecule has 2 atom stereocenters. The maximum atomic E-state index is 11.8. The van der Waals surface area contributed by atoms with Crippen LogP contribution in [0.3, 0.4) is 0 Å². The third kappa shape index (κ3) is 9.67. The zero-order chi connectivity index (χ0) is 16.6. The molecule has 21 heavy (non-hydrogen) atoms. The molecular weight excluding hydrogens is 278 g/mol. The highest BCUT2D eigenvalue weighted by Crippen LogP contribution is 2.05. The highest BCUT2D eigenvalue weighted by Gasteiger charge is 2.24. The molecule has 1 unspecified atom stereocenters. The quantitative estimate of drug-likeness (QED) is 0.483. The molecule has 0 bridgehead atoms. The van der Waals surface area contributed by atoms with E-state index in [9.17, 15) is 14.4 Å². The standard InChI is InChI=1S/C13H25N3O5/c1-8(2)5-9(7-16(3)4)14-13(21)15-10(12(19)20)6-11(17)18/h8-10H,5-7H2,1-4H3,(H,17,18)(H,19,20)(H2,14,15,21)/t9?,10-/m1/s1. The molecule has 0 aromatic rings. The highest BCUT2D eigenvalue weighted by molar-refractivity contribution is 5.86. The minimum Gasteiger partial charge on any atom is -0.481 e. The van der Waals surface area contributed by atoms with Gasteiger partial charge in [0.1, 0.15) is 6.04 Å². The molecule has 8 nitrogen and oxygen atoms in total. The van der Waals surface area contributed by atoms with Gasteiger partial charge in [0, 0.05) is 12.6 Å². The lowest BCUT2D eigenvalue weighted by Crippen LogP contribution is -2.52. The number of carbonyl (C=O) groups excluding carboxylic acids is 1. The SMILES string of the molecule is CC(C)CC(CN(C)C)NC(=O)N[C@H](CC(=O)O)C(=O)O. The number of hydrogen-bond acceptors (Lipinski definition) is 4. The van der Waals surface area contributed by atoms with Crippen LogP contribution in [-0.4, -0.2) is 65.8 Å². The monoisotopic (exact) mass is 303 g/mol. The molecular formula is C13H25N3O5. The van der Waals surface area contributed by atoms with Crippen LogP contribution >= 0.6 is 0 Å². The summed E-state index contributed by atoms with van der Waals surface area (Å²) in [6, 6.07) is -2.25. The maximum absolute atomic E-state index is 11.8. The minimum absolute atomic E-state index is 0.140. The van der Waals surface area contributed by atoms with Gasteiger partial charge >= 0.3 is 18.0 Å². The number of urea groups is 1. The van der Waals surface area contributed by atoms with Gasteiger partial charge in [0.25, 0.3) is 0 Å². The second-order valence-electron chi connectivity index (χ2n) is 5.70. The first kappa shape index (κ1) is 19.2. The zero-order valence-corrected chi connectivity index (χ0v) is 12.9. The number of nitrogens with one attached hydrogen (secondary N) is 2. The summed E-state index contributed by atoms with van der Waals surface area (Å²) in [6.07, 6.45) is 0.0769. The Balaban J connectivity index is 4.58. The van der Waals surface area contributed by atoms with E-state index in [1.807, 2.05) is 32.8 Å². The minimum atomic E-state index is -1.44. The van der Waals surface area contributed by atoms with Crippen LogP contribution in [0.1, 0.15) is 26.7 Å². The van der Waals surface area contributed by atoms with Gasteiger partial charge in [-0.3, -0.25) is 4.79 Å². The van der Waals surface area contributed by atoms with Crippen LogP contribution < -0.4 is 10.6 Å². The van der Waals surface area contributed by atoms with Crippen molar-refractivity contribution in [3.05, 3.63) is 0 Å². The van der Waals surface area contributed by atoms with Crippen LogP contribution in [0, 0.1) is 5.92 Å². The summed E-state index contributed by atoms with van der Waals surface area (Å²) in [5, 5.41) is 22.4. The Morgan fingerprint density at radius 1 is 1.10 bits per heavy atom. The maximum Gasteiger partial charge on any atom is 0.326 e. The van der Waals surface area contributed by atoms with Gasteiger partial charge in [-0.2, -0.15) is 0 Å². The molecule has 0 aromatic carbocycles. The average molecular weight is 303 g/mol. The summed E-state index contributed by atoms with van der Waals surface area (Å²) in [7, 11) is 3.74. The van der Waals surface area contributed by atoms with Gasteiger partial charge in [-0.05, 0) is 26.4 Å². The summed E-state index contributed by atoms with van der Waals surface area (Å²) in [4.78, 5) is 35.2. The molecule has 0 aliphatic carbocycles. The average Bonchev–Trinajstić information content (AvgIpc) is 2.24. The van der Waals surface area contributed by atoms with Crippen LogP contribution in [-0.2, 0) is 9.59 Å². The molecule has 0 rings (SSSR count). The Morgan fingerprint density at radius 3 is 2.05 bits per heavy atom. The van der Waals surface area contributed by atoms with E-state index in [4.69, 9.17) is 10.2 Å². The van der Waals surface area contributed by atoms with E-state index < -0.39 is 30.4 Å². The Kier molecular flexibility index (Phi) is 8.37. The number of nitrogens with zero attached hydrogens (tertiary/aromatic N) is 1. The third-order valence-corrected chi connectivity index (χ3v) is 2.66. The van der Waals surface area contributed by atoms with Crippen molar-refractivity contribution in [2.45, 2.75) is 38.8 Å². The summed E-state index contributed by atoms with van der Waals surface area (Å²) in [5.74, 6) is -2.29. The third-order valence-electron chi connectivity index (χ3n) is 2.66. The molecule has 2 amide bonds. The predicted molar refractivity (Wildman–Crippen MR) is 77.1 cm³/mol. The topological polar surface area (TPSA) is 119 Å². The molecule has 122 valence electrons. The van der Waals surface area contributed by atoms with E-state index in [0.717, 1.165) is 6.42 Å². The van der Waals surface area contributed by atoms with Crippen LogP contribution in [0.5, 0.6) is 0 Å². The lowest BCUT2D eigenvalue weighted by molar-refractivity contribution is -0.145. The highest BCUT2D eigenvalue weighted by atomic mass is 16.4. The molecule has 0 saturated carbocycles. The predicted octanol–water partition coefficient (Wildman–Crippen LogP) is 0.190. The zero-order valence-electron chi connectivity index (χ0n) is 12.9. The van der Waals surface area contributed by atoms with Crippen molar-refractivity contribution in [2.75, 3.05) is 20.6 Å². The molecule has 0 radical (unpaired) electrons. The van der Waals surface area contributed by atoms with E-state index in [2.05, 4.69) is 10.6 Å². The molecule has 0 aliphatic heterocycles. The van der Waals surface area contributed by atoms with Crippen LogP contribution in [0.15, 0.2) is 0 Å². The largest absolute Gasteiger partial charge is 0.481 e. The van der Waals surface area contributed by atoms with Crippen molar-refractivity contribution in [3.8, 4) is 0 Å². The fraction of sp³-hybridized carbons (Fsp3) is 0.769. The Labute approximate surface area is 124 Å². The van der Waals surface area contributed by atoms with Crippen LogP contribution in [0.4, 0.5) is 4.79 Å². The molecule has 0 saturated heterocycles. The van der Waals surface area contributed by atoms with Gasteiger partial charge in [0.15, 0.2) is 0 Å².